The van der Waals surface area contributed by atoms with Crippen LogP contribution in [0.3, 0.4) is 0 Å². The van der Waals surface area contributed by atoms with Crippen LogP contribution in [0, 0.1) is 12.7 Å². The van der Waals surface area contributed by atoms with Gasteiger partial charge in [-0.1, -0.05) is 17.3 Å². The number of aromatic nitrogens is 2. The highest BCUT2D eigenvalue weighted by molar-refractivity contribution is 6.16. The van der Waals surface area contributed by atoms with Gasteiger partial charge in [-0.2, -0.15) is 0 Å². The van der Waals surface area contributed by atoms with E-state index in [1.807, 2.05) is 18.3 Å². The van der Waals surface area contributed by atoms with Crippen molar-refractivity contribution in [2.75, 3.05) is 11.4 Å². The molecule has 2 atom stereocenters. The van der Waals surface area contributed by atoms with Crippen LogP contribution in [0.4, 0.5) is 14.9 Å². The van der Waals surface area contributed by atoms with Crippen molar-refractivity contribution in [3.05, 3.63) is 77.7 Å². The standard InChI is InChI=1S/C25H26FN5O3/c1-17-13-25(8-10-29(17)15-19-5-4-9-27-14-19)23(32)30(16-21-11-18(2)34-28-21)24(33)31(25)22-7-3-6-20(26)12-22/h3-7,9,11-12,14,17H,8,10,13,15-16H2,1-2H3/t17-,25?/m0/s1. The third kappa shape index (κ3) is 3.86. The van der Waals surface area contributed by atoms with E-state index in [9.17, 15) is 14.0 Å². The minimum absolute atomic E-state index is 0.0102. The number of halogens is 1. The van der Waals surface area contributed by atoms with Crippen LogP contribution in [-0.4, -0.2) is 50.0 Å². The van der Waals surface area contributed by atoms with Gasteiger partial charge < -0.3 is 4.52 Å². The summed E-state index contributed by atoms with van der Waals surface area (Å²) in [7, 11) is 0. The fraction of sp³-hybridized carbons (Fsp3) is 0.360. The Labute approximate surface area is 197 Å². The quantitative estimate of drug-likeness (QED) is 0.534. The van der Waals surface area contributed by atoms with Gasteiger partial charge in [-0.3, -0.25) is 24.5 Å². The first-order valence-electron chi connectivity index (χ1n) is 11.3. The van der Waals surface area contributed by atoms with E-state index in [2.05, 4.69) is 22.0 Å². The number of hydrogen-bond donors (Lipinski definition) is 0. The van der Waals surface area contributed by atoms with Gasteiger partial charge in [0, 0.05) is 43.3 Å². The van der Waals surface area contributed by atoms with Crippen LogP contribution in [0.1, 0.15) is 36.8 Å². The lowest BCUT2D eigenvalue weighted by Gasteiger charge is -2.45. The van der Waals surface area contributed by atoms with E-state index in [4.69, 9.17) is 4.52 Å². The molecule has 2 fully saturated rings. The molecule has 0 radical (unpaired) electrons. The van der Waals surface area contributed by atoms with Crippen molar-refractivity contribution in [2.24, 2.45) is 0 Å². The van der Waals surface area contributed by atoms with Gasteiger partial charge in [-0.25, -0.2) is 9.18 Å². The number of benzene rings is 1. The highest BCUT2D eigenvalue weighted by Crippen LogP contribution is 2.43. The van der Waals surface area contributed by atoms with E-state index >= 15 is 0 Å². The van der Waals surface area contributed by atoms with Crippen LogP contribution in [0.5, 0.6) is 0 Å². The van der Waals surface area contributed by atoms with Gasteiger partial charge in [0.2, 0.25) is 0 Å². The summed E-state index contributed by atoms with van der Waals surface area (Å²) in [4.78, 5) is 36.7. The maximum atomic E-state index is 14.2. The van der Waals surface area contributed by atoms with Crippen molar-refractivity contribution in [3.63, 3.8) is 0 Å². The molecular weight excluding hydrogens is 437 g/mol. The Bertz CT molecular complexity index is 1220. The molecule has 0 N–H and O–H groups in total. The van der Waals surface area contributed by atoms with Gasteiger partial charge in [-0.05, 0) is 56.5 Å². The maximum absolute atomic E-state index is 14.2. The van der Waals surface area contributed by atoms with E-state index in [1.54, 1.807) is 31.3 Å². The van der Waals surface area contributed by atoms with Crippen molar-refractivity contribution in [1.82, 2.24) is 19.9 Å². The number of amides is 3. The molecule has 34 heavy (non-hydrogen) atoms. The maximum Gasteiger partial charge on any atom is 0.332 e. The molecule has 2 saturated heterocycles. The Morgan fingerprint density at radius 1 is 1.18 bits per heavy atom. The molecule has 2 aliphatic rings. The van der Waals surface area contributed by atoms with E-state index in [0.29, 0.717) is 43.1 Å². The molecule has 0 bridgehead atoms. The molecule has 2 aliphatic heterocycles. The van der Waals surface area contributed by atoms with Crippen molar-refractivity contribution < 1.29 is 18.5 Å². The number of urea groups is 1. The highest BCUT2D eigenvalue weighted by Gasteiger charge is 2.59. The van der Waals surface area contributed by atoms with Crippen molar-refractivity contribution in [2.45, 2.75) is 51.4 Å². The van der Waals surface area contributed by atoms with Crippen LogP contribution in [0.15, 0.2) is 59.4 Å². The second-order valence-electron chi connectivity index (χ2n) is 9.08. The van der Waals surface area contributed by atoms with Crippen molar-refractivity contribution >= 4 is 17.6 Å². The molecule has 3 amide bonds. The van der Waals surface area contributed by atoms with Gasteiger partial charge in [-0.15, -0.1) is 0 Å². The molecule has 0 saturated carbocycles. The van der Waals surface area contributed by atoms with Crippen LogP contribution < -0.4 is 4.90 Å². The number of rotatable bonds is 5. The molecule has 1 spiro atoms. The molecule has 176 valence electrons. The first kappa shape index (κ1) is 22.2. The lowest BCUT2D eigenvalue weighted by atomic mass is 9.81. The SMILES string of the molecule is Cc1cc(CN2C(=O)N(c3cccc(F)c3)C3(CCN(Cc4cccnc4)[C@@H](C)C3)C2=O)no1. The Kier molecular flexibility index (Phi) is 5.65. The van der Waals surface area contributed by atoms with Gasteiger partial charge in [0.25, 0.3) is 5.91 Å². The van der Waals surface area contributed by atoms with Gasteiger partial charge in [0.05, 0.1) is 6.54 Å². The summed E-state index contributed by atoms with van der Waals surface area (Å²) in [5.41, 5.74) is 0.876. The number of aryl methyl sites for hydroxylation is 1. The summed E-state index contributed by atoms with van der Waals surface area (Å²) in [5, 5.41) is 3.95. The molecule has 1 unspecified atom stereocenters. The Morgan fingerprint density at radius 2 is 2.03 bits per heavy atom. The number of carbonyl (C=O) groups excluding carboxylic acids is 2. The fourth-order valence-corrected chi connectivity index (χ4v) is 5.13. The zero-order valence-corrected chi connectivity index (χ0v) is 19.1. The molecule has 9 heteroatoms. The van der Waals surface area contributed by atoms with E-state index in [-0.39, 0.29) is 18.5 Å². The van der Waals surface area contributed by atoms with Crippen LogP contribution in [0.25, 0.3) is 0 Å². The second kappa shape index (κ2) is 8.64. The van der Waals surface area contributed by atoms with Gasteiger partial charge >= 0.3 is 6.03 Å². The van der Waals surface area contributed by atoms with Crippen LogP contribution in [-0.2, 0) is 17.9 Å². The summed E-state index contributed by atoms with van der Waals surface area (Å²) >= 11 is 0. The third-order valence-electron chi connectivity index (χ3n) is 6.73. The molecule has 4 heterocycles. The number of imide groups is 1. The summed E-state index contributed by atoms with van der Waals surface area (Å²) < 4.78 is 19.3. The number of pyridine rings is 1. The Morgan fingerprint density at radius 3 is 2.71 bits per heavy atom. The van der Waals surface area contributed by atoms with Crippen LogP contribution >= 0.6 is 0 Å². The molecule has 1 aromatic carbocycles. The molecule has 5 rings (SSSR count). The Hall–Kier alpha value is -3.59. The summed E-state index contributed by atoms with van der Waals surface area (Å²) in [6.07, 6.45) is 4.44. The molecule has 2 aromatic heterocycles. The highest BCUT2D eigenvalue weighted by atomic mass is 19.1. The smallest absolute Gasteiger partial charge is 0.332 e. The number of likely N-dealkylation sites (tertiary alicyclic amines) is 1. The van der Waals surface area contributed by atoms with Crippen molar-refractivity contribution in [3.8, 4) is 0 Å². The largest absolute Gasteiger partial charge is 0.361 e. The lowest BCUT2D eigenvalue weighted by molar-refractivity contribution is -0.133. The normalized spacial score (nSPS) is 23.3. The van der Waals surface area contributed by atoms with Gasteiger partial charge in [0.15, 0.2) is 0 Å². The third-order valence-corrected chi connectivity index (χ3v) is 6.73. The summed E-state index contributed by atoms with van der Waals surface area (Å²) in [6.45, 7) is 5.13. The van der Waals surface area contributed by atoms with E-state index in [1.165, 1.54) is 21.9 Å². The summed E-state index contributed by atoms with van der Waals surface area (Å²) in [5.74, 6) is -0.140. The molecule has 8 nitrogen and oxygen atoms in total. The number of piperidine rings is 1. The average Bonchev–Trinajstić information content (AvgIpc) is 3.31. The topological polar surface area (TPSA) is 82.8 Å². The van der Waals surface area contributed by atoms with E-state index in [0.717, 1.165) is 5.56 Å². The van der Waals surface area contributed by atoms with Crippen molar-refractivity contribution in [1.29, 1.82) is 0 Å². The number of nitrogens with zero attached hydrogens (tertiary/aromatic N) is 5. The predicted molar refractivity (Wildman–Crippen MR) is 122 cm³/mol. The molecule has 3 aromatic rings. The lowest BCUT2D eigenvalue weighted by Crippen LogP contribution is -2.59. The van der Waals surface area contributed by atoms with Gasteiger partial charge in [0.1, 0.15) is 22.8 Å². The predicted octanol–water partition coefficient (Wildman–Crippen LogP) is 3.91. The minimum Gasteiger partial charge on any atom is -0.361 e. The molecular formula is C25H26FN5O3. The minimum atomic E-state index is -1.09. The first-order valence-corrected chi connectivity index (χ1v) is 11.3. The van der Waals surface area contributed by atoms with Crippen LogP contribution in [0.2, 0.25) is 0 Å². The Balaban J connectivity index is 1.47. The molecule has 0 aliphatic carbocycles. The second-order valence-corrected chi connectivity index (χ2v) is 9.08. The van der Waals surface area contributed by atoms with E-state index < -0.39 is 17.4 Å². The first-order chi connectivity index (χ1) is 16.4. The zero-order chi connectivity index (χ0) is 23.9. The summed E-state index contributed by atoms with van der Waals surface area (Å²) in [6, 6.07) is 11.0. The monoisotopic (exact) mass is 463 g/mol. The average molecular weight is 464 g/mol. The number of anilines is 1. The number of carbonyl (C=O) groups is 2. The number of hydrogen-bond acceptors (Lipinski definition) is 6. The zero-order valence-electron chi connectivity index (χ0n) is 19.1. The fourth-order valence-electron chi connectivity index (χ4n) is 5.13.